The second-order valence-corrected chi connectivity index (χ2v) is 6.08. The molecule has 2 aliphatic rings. The molecule has 106 valence electrons. The summed E-state index contributed by atoms with van der Waals surface area (Å²) in [6.45, 7) is 9.20. The minimum Gasteiger partial charge on any atom is -0.381 e. The van der Waals surface area contributed by atoms with Crippen molar-refractivity contribution < 1.29 is 4.74 Å². The molecule has 0 aliphatic carbocycles. The fraction of sp³-hybridized carbons (Fsp3) is 1.00. The highest BCUT2D eigenvalue weighted by molar-refractivity contribution is 4.87. The van der Waals surface area contributed by atoms with Gasteiger partial charge in [0, 0.05) is 39.4 Å². The molecule has 0 saturated carbocycles. The average Bonchev–Trinajstić information content (AvgIpc) is 2.56. The van der Waals surface area contributed by atoms with Crippen LogP contribution in [0.25, 0.3) is 0 Å². The van der Waals surface area contributed by atoms with Crippen LogP contribution >= 0.6 is 0 Å². The molecule has 0 spiro atoms. The normalized spacial score (nSPS) is 27.0. The number of hydrogen-bond acceptors (Lipinski definition) is 4. The van der Waals surface area contributed by atoms with Gasteiger partial charge in [0.15, 0.2) is 0 Å². The maximum absolute atomic E-state index is 5.55. The molecule has 4 heteroatoms. The number of ether oxygens (including phenoxy) is 1. The zero-order chi connectivity index (χ0) is 12.8. The maximum Gasteiger partial charge on any atom is 0.0472 e. The van der Waals surface area contributed by atoms with E-state index in [4.69, 9.17) is 4.74 Å². The van der Waals surface area contributed by atoms with Crippen LogP contribution in [0, 0.1) is 5.41 Å². The van der Waals surface area contributed by atoms with Crippen molar-refractivity contribution in [1.29, 1.82) is 0 Å². The van der Waals surface area contributed by atoms with Gasteiger partial charge in [-0.1, -0.05) is 0 Å². The van der Waals surface area contributed by atoms with Gasteiger partial charge in [0.2, 0.25) is 0 Å². The van der Waals surface area contributed by atoms with Crippen LogP contribution in [0.5, 0.6) is 0 Å². The zero-order valence-corrected chi connectivity index (χ0v) is 12.1. The Morgan fingerprint density at radius 3 is 2.61 bits per heavy atom. The Hall–Kier alpha value is -0.160. The number of rotatable bonds is 4. The lowest BCUT2D eigenvalue weighted by Gasteiger charge is -2.40. The highest BCUT2D eigenvalue weighted by Gasteiger charge is 2.34. The zero-order valence-electron chi connectivity index (χ0n) is 12.1. The van der Waals surface area contributed by atoms with E-state index < -0.39 is 0 Å². The molecule has 0 amide bonds. The lowest BCUT2D eigenvalue weighted by molar-refractivity contribution is -0.00284. The van der Waals surface area contributed by atoms with E-state index in [-0.39, 0.29) is 0 Å². The largest absolute Gasteiger partial charge is 0.381 e. The first kappa shape index (κ1) is 14.3. The van der Waals surface area contributed by atoms with Crippen LogP contribution in [-0.2, 0) is 4.74 Å². The van der Waals surface area contributed by atoms with Gasteiger partial charge < -0.3 is 19.9 Å². The van der Waals surface area contributed by atoms with Crippen LogP contribution in [0.15, 0.2) is 0 Å². The molecule has 2 aliphatic heterocycles. The molecule has 0 radical (unpaired) electrons. The molecule has 1 N–H and O–H groups in total. The van der Waals surface area contributed by atoms with Crippen molar-refractivity contribution in [2.45, 2.75) is 19.3 Å². The van der Waals surface area contributed by atoms with Gasteiger partial charge in [-0.15, -0.1) is 0 Å². The number of nitrogens with one attached hydrogen (secondary N) is 1. The predicted molar refractivity (Wildman–Crippen MR) is 75.0 cm³/mol. The topological polar surface area (TPSA) is 27.7 Å². The summed E-state index contributed by atoms with van der Waals surface area (Å²) in [7, 11) is 4.31. The van der Waals surface area contributed by atoms with Crippen LogP contribution in [0.4, 0.5) is 0 Å². The molecule has 0 aromatic carbocycles. The number of hydrogen-bond donors (Lipinski definition) is 1. The van der Waals surface area contributed by atoms with E-state index >= 15 is 0 Å². The third-order valence-corrected chi connectivity index (χ3v) is 4.48. The minimum absolute atomic E-state index is 0.440. The van der Waals surface area contributed by atoms with E-state index in [2.05, 4.69) is 29.2 Å². The van der Waals surface area contributed by atoms with Crippen molar-refractivity contribution in [2.75, 3.05) is 66.6 Å². The molecule has 18 heavy (non-hydrogen) atoms. The standard InChI is InChI=1S/C14H29N3O/c1-15-12-14(4-10-18-11-5-14)13-17-7-3-6-16(2)8-9-17/h15H,3-13H2,1-2H3. The molecule has 2 saturated heterocycles. The van der Waals surface area contributed by atoms with Gasteiger partial charge in [-0.3, -0.25) is 0 Å². The molecule has 0 unspecified atom stereocenters. The summed E-state index contributed by atoms with van der Waals surface area (Å²) >= 11 is 0. The first-order chi connectivity index (χ1) is 8.74. The third kappa shape index (κ3) is 3.92. The van der Waals surface area contributed by atoms with Gasteiger partial charge in [-0.2, -0.15) is 0 Å². The van der Waals surface area contributed by atoms with Crippen molar-refractivity contribution in [3.63, 3.8) is 0 Å². The van der Waals surface area contributed by atoms with E-state index in [9.17, 15) is 0 Å². The summed E-state index contributed by atoms with van der Waals surface area (Å²) in [4.78, 5) is 5.13. The van der Waals surface area contributed by atoms with Gasteiger partial charge in [-0.25, -0.2) is 0 Å². The van der Waals surface area contributed by atoms with Crippen molar-refractivity contribution in [1.82, 2.24) is 15.1 Å². The summed E-state index contributed by atoms with van der Waals surface area (Å²) in [5.74, 6) is 0. The molecule has 0 bridgehead atoms. The average molecular weight is 255 g/mol. The molecule has 0 aromatic rings. The molecule has 0 aromatic heterocycles. The molecular weight excluding hydrogens is 226 g/mol. The Labute approximate surface area is 112 Å². The molecule has 2 heterocycles. The number of nitrogens with zero attached hydrogens (tertiary/aromatic N) is 2. The van der Waals surface area contributed by atoms with Crippen molar-refractivity contribution in [3.8, 4) is 0 Å². The van der Waals surface area contributed by atoms with Gasteiger partial charge in [0.1, 0.15) is 0 Å². The van der Waals surface area contributed by atoms with Crippen LogP contribution in [0.3, 0.4) is 0 Å². The summed E-state index contributed by atoms with van der Waals surface area (Å²) in [6.07, 6.45) is 3.73. The van der Waals surface area contributed by atoms with E-state index in [1.165, 1.54) is 52.0 Å². The summed E-state index contributed by atoms with van der Waals surface area (Å²) in [6, 6.07) is 0. The molecule has 4 nitrogen and oxygen atoms in total. The Morgan fingerprint density at radius 2 is 1.89 bits per heavy atom. The summed E-state index contributed by atoms with van der Waals surface area (Å²) in [5.41, 5.74) is 0.440. The Balaban J connectivity index is 1.90. The van der Waals surface area contributed by atoms with Gasteiger partial charge in [0.05, 0.1) is 0 Å². The van der Waals surface area contributed by atoms with Gasteiger partial charge >= 0.3 is 0 Å². The second kappa shape index (κ2) is 6.85. The molecule has 0 atom stereocenters. The fourth-order valence-corrected chi connectivity index (χ4v) is 3.30. The Bertz CT molecular complexity index is 236. The fourth-order valence-electron chi connectivity index (χ4n) is 3.30. The van der Waals surface area contributed by atoms with Gasteiger partial charge in [-0.05, 0) is 51.9 Å². The lowest BCUT2D eigenvalue weighted by atomic mass is 9.79. The van der Waals surface area contributed by atoms with Crippen molar-refractivity contribution >= 4 is 0 Å². The number of likely N-dealkylation sites (N-methyl/N-ethyl adjacent to an activating group) is 1. The van der Waals surface area contributed by atoms with E-state index in [1.54, 1.807) is 0 Å². The molecule has 2 fully saturated rings. The Kier molecular flexibility index (Phi) is 5.42. The summed E-state index contributed by atoms with van der Waals surface area (Å²) in [5, 5.41) is 3.40. The quantitative estimate of drug-likeness (QED) is 0.798. The maximum atomic E-state index is 5.55. The third-order valence-electron chi connectivity index (χ3n) is 4.48. The van der Waals surface area contributed by atoms with E-state index in [1.807, 2.05) is 0 Å². The van der Waals surface area contributed by atoms with E-state index in [0.29, 0.717) is 5.41 Å². The first-order valence-electron chi connectivity index (χ1n) is 7.37. The smallest absolute Gasteiger partial charge is 0.0472 e. The van der Waals surface area contributed by atoms with Crippen LogP contribution in [0.2, 0.25) is 0 Å². The monoisotopic (exact) mass is 255 g/mol. The van der Waals surface area contributed by atoms with Crippen LogP contribution < -0.4 is 5.32 Å². The highest BCUT2D eigenvalue weighted by Crippen LogP contribution is 2.31. The SMILES string of the molecule is CNCC1(CN2CCCN(C)CC2)CCOCC1. The summed E-state index contributed by atoms with van der Waals surface area (Å²) < 4.78 is 5.55. The highest BCUT2D eigenvalue weighted by atomic mass is 16.5. The minimum atomic E-state index is 0.440. The molecule has 2 rings (SSSR count). The van der Waals surface area contributed by atoms with Crippen molar-refractivity contribution in [3.05, 3.63) is 0 Å². The second-order valence-electron chi connectivity index (χ2n) is 6.08. The lowest BCUT2D eigenvalue weighted by Crippen LogP contribution is -2.47. The van der Waals surface area contributed by atoms with E-state index in [0.717, 1.165) is 19.8 Å². The molecular formula is C14H29N3O. The van der Waals surface area contributed by atoms with Gasteiger partial charge in [0.25, 0.3) is 0 Å². The van der Waals surface area contributed by atoms with Crippen LogP contribution in [0.1, 0.15) is 19.3 Å². The predicted octanol–water partition coefficient (Wildman–Crippen LogP) is 0.640. The first-order valence-corrected chi connectivity index (χ1v) is 7.37. The van der Waals surface area contributed by atoms with Crippen LogP contribution in [-0.4, -0.2) is 76.4 Å². The Morgan fingerprint density at radius 1 is 1.11 bits per heavy atom. The van der Waals surface area contributed by atoms with Crippen molar-refractivity contribution in [2.24, 2.45) is 5.41 Å².